The highest BCUT2D eigenvalue weighted by atomic mass is 16.5. The van der Waals surface area contributed by atoms with Crippen molar-refractivity contribution in [1.29, 1.82) is 0 Å². The van der Waals surface area contributed by atoms with Crippen LogP contribution in [0.5, 0.6) is 0 Å². The third-order valence-corrected chi connectivity index (χ3v) is 1.05. The molecule has 0 aliphatic heterocycles. The molecule has 2 N–H and O–H groups in total. The molecule has 0 saturated carbocycles. The summed E-state index contributed by atoms with van der Waals surface area (Å²) in [6, 6.07) is -0.607. The van der Waals surface area contributed by atoms with Crippen LogP contribution in [0.4, 0.5) is 0 Å². The zero-order valence-corrected chi connectivity index (χ0v) is 6.33. The van der Waals surface area contributed by atoms with Crippen molar-refractivity contribution in [3.05, 3.63) is 12.2 Å². The topological polar surface area (TPSA) is 52.3 Å². The van der Waals surface area contributed by atoms with Gasteiger partial charge in [-0.1, -0.05) is 19.1 Å². The van der Waals surface area contributed by atoms with E-state index < -0.39 is 12.0 Å². The second-order valence-electron chi connectivity index (χ2n) is 1.89. The summed E-state index contributed by atoms with van der Waals surface area (Å²) in [5.41, 5.74) is 5.35. The molecule has 0 spiro atoms. The number of allylic oxidation sites excluding steroid dienone is 1. The number of carbonyl (C=O) groups is 1. The normalized spacial score (nSPS) is 13.5. The van der Waals surface area contributed by atoms with Gasteiger partial charge in [0.2, 0.25) is 0 Å². The summed E-state index contributed by atoms with van der Waals surface area (Å²) in [6.07, 6.45) is 4.35. The van der Waals surface area contributed by atoms with Crippen molar-refractivity contribution in [3.63, 3.8) is 0 Å². The molecule has 0 aromatic carbocycles. The van der Waals surface area contributed by atoms with Crippen LogP contribution in [0.1, 0.15) is 13.3 Å². The van der Waals surface area contributed by atoms with E-state index in [0.717, 1.165) is 6.42 Å². The van der Waals surface area contributed by atoms with Crippen molar-refractivity contribution < 1.29 is 9.53 Å². The molecular formula is C7H13NO2. The average molecular weight is 143 g/mol. The zero-order valence-electron chi connectivity index (χ0n) is 6.33. The van der Waals surface area contributed by atoms with E-state index in [1.54, 1.807) is 6.08 Å². The standard InChI is InChI=1S/C7H13NO2/c1-3-4-5-6(8)7(9)10-2/h4-6H,3,8H2,1-2H3/b5-4+. The van der Waals surface area contributed by atoms with Crippen LogP contribution in [0, 0.1) is 0 Å². The summed E-state index contributed by atoms with van der Waals surface area (Å²) < 4.78 is 4.39. The Morgan fingerprint density at radius 1 is 1.80 bits per heavy atom. The molecule has 0 aromatic rings. The quantitative estimate of drug-likeness (QED) is 0.461. The Hall–Kier alpha value is -0.830. The highest BCUT2D eigenvalue weighted by Gasteiger charge is 2.07. The lowest BCUT2D eigenvalue weighted by Crippen LogP contribution is -2.29. The number of rotatable bonds is 3. The van der Waals surface area contributed by atoms with Crippen molar-refractivity contribution in [2.24, 2.45) is 5.73 Å². The van der Waals surface area contributed by atoms with Gasteiger partial charge in [0.1, 0.15) is 6.04 Å². The van der Waals surface area contributed by atoms with Crippen LogP contribution in [-0.4, -0.2) is 19.1 Å². The molecule has 0 fully saturated rings. The largest absolute Gasteiger partial charge is 0.468 e. The molecule has 1 unspecified atom stereocenters. The van der Waals surface area contributed by atoms with Gasteiger partial charge in [-0.3, -0.25) is 4.79 Å². The summed E-state index contributed by atoms with van der Waals surface area (Å²) in [6.45, 7) is 1.97. The fourth-order valence-corrected chi connectivity index (χ4v) is 0.497. The monoisotopic (exact) mass is 143 g/mol. The number of hydrogen-bond acceptors (Lipinski definition) is 3. The fourth-order valence-electron chi connectivity index (χ4n) is 0.497. The minimum Gasteiger partial charge on any atom is -0.468 e. The SMILES string of the molecule is CC/C=C/C(N)C(=O)OC. The van der Waals surface area contributed by atoms with E-state index in [1.165, 1.54) is 7.11 Å². The molecule has 0 bridgehead atoms. The van der Waals surface area contributed by atoms with Gasteiger partial charge in [-0.2, -0.15) is 0 Å². The summed E-state index contributed by atoms with van der Waals surface area (Å²) in [4.78, 5) is 10.6. The van der Waals surface area contributed by atoms with Crippen molar-refractivity contribution in [2.45, 2.75) is 19.4 Å². The maximum atomic E-state index is 10.6. The van der Waals surface area contributed by atoms with Gasteiger partial charge in [0.05, 0.1) is 7.11 Å². The molecular weight excluding hydrogens is 130 g/mol. The first-order chi connectivity index (χ1) is 4.72. The lowest BCUT2D eigenvalue weighted by molar-refractivity contribution is -0.140. The zero-order chi connectivity index (χ0) is 7.98. The van der Waals surface area contributed by atoms with E-state index in [9.17, 15) is 4.79 Å². The van der Waals surface area contributed by atoms with E-state index in [-0.39, 0.29) is 0 Å². The molecule has 3 nitrogen and oxygen atoms in total. The second kappa shape index (κ2) is 4.99. The third kappa shape index (κ3) is 3.25. The van der Waals surface area contributed by atoms with Gasteiger partial charge in [-0.25, -0.2) is 0 Å². The molecule has 0 heterocycles. The highest BCUT2D eigenvalue weighted by molar-refractivity contribution is 5.77. The van der Waals surface area contributed by atoms with Crippen LogP contribution in [-0.2, 0) is 9.53 Å². The van der Waals surface area contributed by atoms with Crippen LogP contribution in [0.3, 0.4) is 0 Å². The van der Waals surface area contributed by atoms with Crippen LogP contribution < -0.4 is 5.73 Å². The fraction of sp³-hybridized carbons (Fsp3) is 0.571. The van der Waals surface area contributed by atoms with E-state index in [0.29, 0.717) is 0 Å². The average Bonchev–Trinajstić information content (AvgIpc) is 1.98. The predicted octanol–water partition coefficient (Wildman–Crippen LogP) is 0.453. The summed E-state index contributed by atoms with van der Waals surface area (Å²) in [7, 11) is 1.32. The van der Waals surface area contributed by atoms with Crippen LogP contribution >= 0.6 is 0 Å². The van der Waals surface area contributed by atoms with Crippen molar-refractivity contribution in [3.8, 4) is 0 Å². The molecule has 1 atom stereocenters. The van der Waals surface area contributed by atoms with Gasteiger partial charge in [0.15, 0.2) is 0 Å². The number of esters is 1. The molecule has 3 heteroatoms. The van der Waals surface area contributed by atoms with Gasteiger partial charge in [0, 0.05) is 0 Å². The van der Waals surface area contributed by atoms with Crippen molar-refractivity contribution in [1.82, 2.24) is 0 Å². The lowest BCUT2D eigenvalue weighted by atomic mass is 10.3. The van der Waals surface area contributed by atoms with E-state index in [4.69, 9.17) is 5.73 Å². The first-order valence-electron chi connectivity index (χ1n) is 3.22. The first-order valence-corrected chi connectivity index (χ1v) is 3.22. The van der Waals surface area contributed by atoms with Crippen LogP contribution in [0.2, 0.25) is 0 Å². The Bertz CT molecular complexity index is 132. The van der Waals surface area contributed by atoms with Crippen molar-refractivity contribution >= 4 is 5.97 Å². The van der Waals surface area contributed by atoms with E-state index in [1.807, 2.05) is 13.0 Å². The van der Waals surface area contributed by atoms with E-state index in [2.05, 4.69) is 4.74 Å². The Morgan fingerprint density at radius 2 is 2.40 bits per heavy atom. The number of methoxy groups -OCH3 is 1. The van der Waals surface area contributed by atoms with Crippen LogP contribution in [0.15, 0.2) is 12.2 Å². The maximum Gasteiger partial charge on any atom is 0.326 e. The minimum atomic E-state index is -0.607. The molecule has 0 amide bonds. The molecule has 58 valence electrons. The molecule has 0 aromatic heterocycles. The lowest BCUT2D eigenvalue weighted by Gasteiger charge is -2.01. The van der Waals surface area contributed by atoms with Gasteiger partial charge < -0.3 is 10.5 Å². The minimum absolute atomic E-state index is 0.398. The molecule has 0 rings (SSSR count). The molecule has 0 aliphatic rings. The Labute approximate surface area is 60.9 Å². The molecule has 10 heavy (non-hydrogen) atoms. The third-order valence-electron chi connectivity index (χ3n) is 1.05. The molecule has 0 aliphatic carbocycles. The maximum absolute atomic E-state index is 10.6. The van der Waals surface area contributed by atoms with Crippen molar-refractivity contribution in [2.75, 3.05) is 7.11 Å². The smallest absolute Gasteiger partial charge is 0.326 e. The highest BCUT2D eigenvalue weighted by Crippen LogP contribution is 1.87. The predicted molar refractivity (Wildman–Crippen MR) is 39.4 cm³/mol. The summed E-state index contributed by atoms with van der Waals surface area (Å²) in [5.74, 6) is -0.398. The van der Waals surface area contributed by atoms with E-state index >= 15 is 0 Å². The summed E-state index contributed by atoms with van der Waals surface area (Å²) in [5, 5.41) is 0. The Morgan fingerprint density at radius 3 is 2.80 bits per heavy atom. The van der Waals surface area contributed by atoms with Crippen LogP contribution in [0.25, 0.3) is 0 Å². The number of nitrogens with two attached hydrogens (primary N) is 1. The van der Waals surface area contributed by atoms with Gasteiger partial charge >= 0.3 is 5.97 Å². The number of ether oxygens (including phenoxy) is 1. The Kier molecular flexibility index (Phi) is 4.58. The van der Waals surface area contributed by atoms with Gasteiger partial charge in [0.25, 0.3) is 0 Å². The Balaban J connectivity index is 3.72. The van der Waals surface area contributed by atoms with Gasteiger partial charge in [-0.15, -0.1) is 0 Å². The first kappa shape index (κ1) is 9.17. The van der Waals surface area contributed by atoms with Gasteiger partial charge in [-0.05, 0) is 6.42 Å². The molecule has 0 saturated heterocycles. The summed E-state index contributed by atoms with van der Waals surface area (Å²) >= 11 is 0. The number of carbonyl (C=O) groups excluding carboxylic acids is 1. The molecule has 0 radical (unpaired) electrons. The second-order valence-corrected chi connectivity index (χ2v) is 1.89. The number of hydrogen-bond donors (Lipinski definition) is 1.